The monoisotopic (exact) mass is 331 g/mol. The van der Waals surface area contributed by atoms with Crippen molar-refractivity contribution in [1.82, 2.24) is 5.32 Å². The molecule has 1 aliphatic heterocycles. The van der Waals surface area contributed by atoms with Crippen LogP contribution in [0, 0.1) is 5.82 Å². The van der Waals surface area contributed by atoms with E-state index in [1.807, 2.05) is 0 Å². The molecule has 1 amide bonds. The molecule has 1 fully saturated rings. The van der Waals surface area contributed by atoms with Crippen molar-refractivity contribution < 1.29 is 23.8 Å². The van der Waals surface area contributed by atoms with Crippen LogP contribution in [0.15, 0.2) is 22.7 Å². The summed E-state index contributed by atoms with van der Waals surface area (Å²) >= 11 is 2.97. The van der Waals surface area contributed by atoms with Crippen LogP contribution in [-0.2, 0) is 9.53 Å². The van der Waals surface area contributed by atoms with Crippen molar-refractivity contribution in [3.05, 3.63) is 34.1 Å². The fraction of sp³-hybridized carbons (Fsp3) is 0.333. The number of carboxylic acid groups (broad SMARTS) is 1. The summed E-state index contributed by atoms with van der Waals surface area (Å²) in [7, 11) is 0. The lowest BCUT2D eigenvalue weighted by atomic mass is 9.98. The molecular weight excluding hydrogens is 321 g/mol. The van der Waals surface area contributed by atoms with Gasteiger partial charge in [0.25, 0.3) is 5.91 Å². The van der Waals surface area contributed by atoms with Gasteiger partial charge in [0, 0.05) is 13.0 Å². The molecule has 1 atom stereocenters. The molecule has 2 N–H and O–H groups in total. The van der Waals surface area contributed by atoms with Gasteiger partial charge >= 0.3 is 5.97 Å². The van der Waals surface area contributed by atoms with Gasteiger partial charge in [0.2, 0.25) is 0 Å². The Morgan fingerprint density at radius 2 is 2.21 bits per heavy atom. The molecule has 102 valence electrons. The first-order valence-corrected chi connectivity index (χ1v) is 6.33. The third-order valence-corrected chi connectivity index (χ3v) is 3.79. The van der Waals surface area contributed by atoms with Gasteiger partial charge in [-0.05, 0) is 28.1 Å². The van der Waals surface area contributed by atoms with Crippen LogP contribution in [0.25, 0.3) is 0 Å². The summed E-state index contributed by atoms with van der Waals surface area (Å²) in [5.41, 5.74) is -1.39. The molecule has 19 heavy (non-hydrogen) atoms. The number of amides is 1. The number of halogens is 2. The van der Waals surface area contributed by atoms with Gasteiger partial charge < -0.3 is 15.2 Å². The van der Waals surface area contributed by atoms with Gasteiger partial charge in [0.1, 0.15) is 5.82 Å². The number of hydrogen-bond acceptors (Lipinski definition) is 3. The van der Waals surface area contributed by atoms with E-state index in [9.17, 15) is 19.1 Å². The molecule has 1 saturated heterocycles. The minimum atomic E-state index is -1.44. The van der Waals surface area contributed by atoms with Gasteiger partial charge in [-0.25, -0.2) is 9.18 Å². The maximum Gasteiger partial charge on any atom is 0.331 e. The minimum Gasteiger partial charge on any atom is -0.479 e. The molecule has 1 unspecified atom stereocenters. The SMILES string of the molecule is O=C(NC1(C(=O)O)CCOC1)c1cccc(F)c1Br. The summed E-state index contributed by atoms with van der Waals surface area (Å²) in [5.74, 6) is -2.40. The Labute approximate surface area is 116 Å². The standard InChI is InChI=1S/C12H11BrFNO4/c13-9-7(2-1-3-8(9)14)10(16)15-12(11(17)18)4-5-19-6-12/h1-3H,4-6H2,(H,15,16)(H,17,18). The van der Waals surface area contributed by atoms with Crippen molar-refractivity contribution in [2.45, 2.75) is 12.0 Å². The molecule has 0 bridgehead atoms. The molecule has 0 aliphatic carbocycles. The third-order valence-electron chi connectivity index (χ3n) is 2.98. The predicted molar refractivity (Wildman–Crippen MR) is 67.4 cm³/mol. The van der Waals surface area contributed by atoms with Crippen LogP contribution < -0.4 is 5.32 Å². The first kappa shape index (κ1) is 14.0. The molecule has 2 rings (SSSR count). The zero-order chi connectivity index (χ0) is 14.0. The predicted octanol–water partition coefficient (Wildman–Crippen LogP) is 1.56. The largest absolute Gasteiger partial charge is 0.479 e. The summed E-state index contributed by atoms with van der Waals surface area (Å²) in [6.45, 7) is 0.165. The zero-order valence-electron chi connectivity index (χ0n) is 9.78. The summed E-state index contributed by atoms with van der Waals surface area (Å²) in [6, 6.07) is 3.99. The highest BCUT2D eigenvalue weighted by molar-refractivity contribution is 9.10. The number of carbonyl (C=O) groups excluding carboxylic acids is 1. The Kier molecular flexibility index (Phi) is 3.86. The fourth-order valence-electron chi connectivity index (χ4n) is 1.85. The smallest absolute Gasteiger partial charge is 0.331 e. The lowest BCUT2D eigenvalue weighted by molar-refractivity contribution is -0.144. The Hall–Kier alpha value is -1.47. The van der Waals surface area contributed by atoms with Gasteiger partial charge in [-0.1, -0.05) is 6.07 Å². The first-order valence-electron chi connectivity index (χ1n) is 5.54. The van der Waals surface area contributed by atoms with E-state index in [0.29, 0.717) is 0 Å². The fourth-order valence-corrected chi connectivity index (χ4v) is 2.29. The van der Waals surface area contributed by atoms with Crippen LogP contribution in [0.2, 0.25) is 0 Å². The van der Waals surface area contributed by atoms with E-state index in [-0.39, 0.29) is 29.7 Å². The number of carboxylic acids is 1. The van der Waals surface area contributed by atoms with Crippen molar-refractivity contribution in [1.29, 1.82) is 0 Å². The number of carbonyl (C=O) groups is 2. The van der Waals surface area contributed by atoms with Crippen LogP contribution in [0.4, 0.5) is 4.39 Å². The Morgan fingerprint density at radius 3 is 2.79 bits per heavy atom. The summed E-state index contributed by atoms with van der Waals surface area (Å²) in [6.07, 6.45) is 0.182. The van der Waals surface area contributed by atoms with Crippen molar-refractivity contribution >= 4 is 27.8 Å². The first-order chi connectivity index (χ1) is 8.96. The van der Waals surface area contributed by atoms with Crippen molar-refractivity contribution in [3.63, 3.8) is 0 Å². The second kappa shape index (κ2) is 5.26. The maximum absolute atomic E-state index is 13.3. The highest BCUT2D eigenvalue weighted by Gasteiger charge is 2.44. The van der Waals surface area contributed by atoms with Crippen LogP contribution in [0.3, 0.4) is 0 Å². The Bertz CT molecular complexity index is 528. The highest BCUT2D eigenvalue weighted by atomic mass is 79.9. The van der Waals surface area contributed by atoms with Gasteiger partial charge in [0.15, 0.2) is 5.54 Å². The Morgan fingerprint density at radius 1 is 1.47 bits per heavy atom. The van der Waals surface area contributed by atoms with E-state index in [1.54, 1.807) is 0 Å². The van der Waals surface area contributed by atoms with Crippen LogP contribution in [0.5, 0.6) is 0 Å². The molecule has 0 spiro atoms. The third kappa shape index (κ3) is 2.62. The second-order valence-corrected chi connectivity index (χ2v) is 5.04. The molecule has 1 heterocycles. The van der Waals surface area contributed by atoms with E-state index in [0.717, 1.165) is 0 Å². The normalized spacial score (nSPS) is 22.2. The van der Waals surface area contributed by atoms with Crippen molar-refractivity contribution in [2.75, 3.05) is 13.2 Å². The topological polar surface area (TPSA) is 75.6 Å². The molecule has 5 nitrogen and oxygen atoms in total. The zero-order valence-corrected chi connectivity index (χ0v) is 11.4. The molecule has 1 aromatic carbocycles. The number of nitrogens with one attached hydrogen (secondary N) is 1. The minimum absolute atomic E-state index is 0.00644. The average Bonchev–Trinajstić information content (AvgIpc) is 2.82. The average molecular weight is 332 g/mol. The van der Waals surface area contributed by atoms with E-state index in [4.69, 9.17) is 4.74 Å². The summed E-state index contributed by atoms with van der Waals surface area (Å²) < 4.78 is 18.4. The highest BCUT2D eigenvalue weighted by Crippen LogP contribution is 2.23. The van der Waals surface area contributed by atoms with E-state index >= 15 is 0 Å². The van der Waals surface area contributed by atoms with Crippen molar-refractivity contribution in [3.8, 4) is 0 Å². The van der Waals surface area contributed by atoms with Gasteiger partial charge in [-0.2, -0.15) is 0 Å². The summed E-state index contributed by atoms with van der Waals surface area (Å²) in [4.78, 5) is 23.3. The van der Waals surface area contributed by atoms with Gasteiger partial charge in [-0.3, -0.25) is 4.79 Å². The number of ether oxygens (including phenoxy) is 1. The Balaban J connectivity index is 2.25. The van der Waals surface area contributed by atoms with E-state index < -0.39 is 23.2 Å². The van der Waals surface area contributed by atoms with Gasteiger partial charge in [0.05, 0.1) is 16.6 Å². The molecule has 1 aromatic rings. The van der Waals surface area contributed by atoms with Gasteiger partial charge in [-0.15, -0.1) is 0 Å². The lowest BCUT2D eigenvalue weighted by Crippen LogP contribution is -2.55. The maximum atomic E-state index is 13.3. The molecule has 0 aromatic heterocycles. The number of hydrogen-bond donors (Lipinski definition) is 2. The van der Waals surface area contributed by atoms with Crippen LogP contribution in [-0.4, -0.2) is 35.7 Å². The molecule has 7 heteroatoms. The molecular formula is C12H11BrFNO4. The lowest BCUT2D eigenvalue weighted by Gasteiger charge is -2.23. The number of rotatable bonds is 3. The summed E-state index contributed by atoms with van der Waals surface area (Å²) in [5, 5.41) is 11.6. The van der Waals surface area contributed by atoms with Crippen LogP contribution >= 0.6 is 15.9 Å². The second-order valence-electron chi connectivity index (χ2n) is 4.25. The van der Waals surface area contributed by atoms with E-state index in [1.165, 1.54) is 18.2 Å². The number of aliphatic carboxylic acids is 1. The molecule has 1 aliphatic rings. The molecule has 0 radical (unpaired) electrons. The quantitative estimate of drug-likeness (QED) is 0.881. The van der Waals surface area contributed by atoms with Crippen molar-refractivity contribution in [2.24, 2.45) is 0 Å². The van der Waals surface area contributed by atoms with E-state index in [2.05, 4.69) is 21.2 Å². The number of benzene rings is 1. The van der Waals surface area contributed by atoms with Crippen LogP contribution in [0.1, 0.15) is 16.8 Å². The molecule has 0 saturated carbocycles.